The molecule has 0 saturated carbocycles. The molecule has 2 rings (SSSR count). The molecule has 0 aromatic rings. The van der Waals surface area contributed by atoms with Gasteiger partial charge >= 0.3 is 12.1 Å². The molecule has 0 aromatic carbocycles. The standard InChI is InChI=1S/C17H22BrNO4/c1-6-11-13-10(12(18)9-17(11,5)14(20)21)7-8-19(13)15(22)23-16(2,3)4/h6H,1,7-9H2,2-5H3,(H,20,21). The van der Waals surface area contributed by atoms with E-state index in [0.717, 1.165) is 10.1 Å². The van der Waals surface area contributed by atoms with Crippen LogP contribution in [0.25, 0.3) is 0 Å². The molecule has 1 saturated heterocycles. The molecule has 23 heavy (non-hydrogen) atoms. The molecule has 1 heterocycles. The van der Waals surface area contributed by atoms with E-state index in [0.29, 0.717) is 30.7 Å². The fourth-order valence-corrected chi connectivity index (χ4v) is 3.92. The van der Waals surface area contributed by atoms with E-state index < -0.39 is 23.1 Å². The van der Waals surface area contributed by atoms with Crippen LogP contribution in [0.5, 0.6) is 0 Å². The van der Waals surface area contributed by atoms with Gasteiger partial charge in [-0.05, 0) is 51.7 Å². The highest BCUT2D eigenvalue weighted by molar-refractivity contribution is 9.11. The van der Waals surface area contributed by atoms with Crippen LogP contribution in [0, 0.1) is 5.41 Å². The number of rotatable bonds is 2. The van der Waals surface area contributed by atoms with E-state index in [9.17, 15) is 14.7 Å². The number of carboxylic acids is 1. The highest BCUT2D eigenvalue weighted by Crippen LogP contribution is 2.50. The molecule has 0 spiro atoms. The van der Waals surface area contributed by atoms with Gasteiger partial charge in [-0.1, -0.05) is 28.6 Å². The molecule has 1 N–H and O–H groups in total. The average Bonchev–Trinajstić information content (AvgIpc) is 2.82. The number of carbonyl (C=O) groups excluding carboxylic acids is 1. The summed E-state index contributed by atoms with van der Waals surface area (Å²) in [6.45, 7) is 11.3. The van der Waals surface area contributed by atoms with Gasteiger partial charge in [-0.3, -0.25) is 9.69 Å². The minimum absolute atomic E-state index is 0.352. The van der Waals surface area contributed by atoms with Crippen LogP contribution >= 0.6 is 15.9 Å². The number of carboxylic acid groups (broad SMARTS) is 1. The molecule has 1 atom stereocenters. The van der Waals surface area contributed by atoms with E-state index in [-0.39, 0.29) is 0 Å². The molecule has 1 aliphatic heterocycles. The molecule has 0 bridgehead atoms. The van der Waals surface area contributed by atoms with Crippen molar-refractivity contribution in [3.63, 3.8) is 0 Å². The smallest absolute Gasteiger partial charge is 0.414 e. The van der Waals surface area contributed by atoms with Crippen LogP contribution in [0.2, 0.25) is 0 Å². The second kappa shape index (κ2) is 5.82. The number of fused-ring (bicyclic) bond motifs is 1. The van der Waals surface area contributed by atoms with Crippen molar-refractivity contribution < 1.29 is 19.4 Å². The van der Waals surface area contributed by atoms with Crippen molar-refractivity contribution in [1.82, 2.24) is 4.90 Å². The van der Waals surface area contributed by atoms with Gasteiger partial charge in [-0.25, -0.2) is 4.79 Å². The lowest BCUT2D eigenvalue weighted by molar-refractivity contribution is -0.145. The number of ether oxygens (including phenoxy) is 1. The minimum Gasteiger partial charge on any atom is -0.481 e. The summed E-state index contributed by atoms with van der Waals surface area (Å²) in [6.07, 6.45) is 2.11. The maximum absolute atomic E-state index is 12.5. The normalized spacial score (nSPS) is 24.7. The van der Waals surface area contributed by atoms with Crippen molar-refractivity contribution in [3.05, 3.63) is 34.0 Å². The van der Waals surface area contributed by atoms with Crippen molar-refractivity contribution in [2.45, 2.75) is 46.1 Å². The topological polar surface area (TPSA) is 66.8 Å². The lowest BCUT2D eigenvalue weighted by atomic mass is 9.73. The Hall–Kier alpha value is -1.56. The lowest BCUT2D eigenvalue weighted by Gasteiger charge is -2.35. The van der Waals surface area contributed by atoms with Crippen molar-refractivity contribution in [3.8, 4) is 0 Å². The van der Waals surface area contributed by atoms with Gasteiger partial charge in [-0.2, -0.15) is 0 Å². The highest BCUT2D eigenvalue weighted by Gasteiger charge is 2.47. The van der Waals surface area contributed by atoms with E-state index in [4.69, 9.17) is 4.74 Å². The Balaban J connectivity index is 2.55. The zero-order chi connectivity index (χ0) is 17.6. The Morgan fingerprint density at radius 3 is 2.52 bits per heavy atom. The van der Waals surface area contributed by atoms with Gasteiger partial charge in [0.2, 0.25) is 0 Å². The molecule has 0 radical (unpaired) electrons. The summed E-state index contributed by atoms with van der Waals surface area (Å²) in [7, 11) is 0. The van der Waals surface area contributed by atoms with Crippen LogP contribution < -0.4 is 0 Å². The van der Waals surface area contributed by atoms with Crippen LogP contribution in [0.15, 0.2) is 34.0 Å². The third-order valence-corrected chi connectivity index (χ3v) is 4.88. The van der Waals surface area contributed by atoms with E-state index in [2.05, 4.69) is 22.5 Å². The molecular weight excluding hydrogens is 362 g/mol. The van der Waals surface area contributed by atoms with Crippen molar-refractivity contribution in [2.24, 2.45) is 5.41 Å². The van der Waals surface area contributed by atoms with Crippen LogP contribution in [0.1, 0.15) is 40.5 Å². The predicted octanol–water partition coefficient (Wildman–Crippen LogP) is 4.21. The molecule has 5 nitrogen and oxygen atoms in total. The maximum atomic E-state index is 12.5. The van der Waals surface area contributed by atoms with Gasteiger partial charge in [-0.15, -0.1) is 0 Å². The van der Waals surface area contributed by atoms with Crippen LogP contribution in [-0.2, 0) is 9.53 Å². The third-order valence-electron chi connectivity index (χ3n) is 4.12. The Morgan fingerprint density at radius 1 is 1.43 bits per heavy atom. The SMILES string of the molecule is C=CC1=C2C(=C(Br)CC1(C)C(=O)O)CCN2C(=O)OC(C)(C)C. The molecule has 1 fully saturated rings. The summed E-state index contributed by atoms with van der Waals surface area (Å²) in [6, 6.07) is 0. The molecule has 1 aliphatic carbocycles. The average molecular weight is 384 g/mol. The number of likely N-dealkylation sites (tertiary alicyclic amines) is 1. The molecular formula is C17H22BrNO4. The Bertz CT molecular complexity index is 641. The summed E-state index contributed by atoms with van der Waals surface area (Å²) >= 11 is 3.50. The first-order valence-electron chi connectivity index (χ1n) is 7.50. The Labute approximate surface area is 144 Å². The van der Waals surface area contributed by atoms with Crippen LogP contribution in [0.4, 0.5) is 4.79 Å². The van der Waals surface area contributed by atoms with E-state index in [1.807, 2.05) is 0 Å². The number of nitrogens with zero attached hydrogens (tertiary/aromatic N) is 1. The number of hydrogen-bond donors (Lipinski definition) is 1. The summed E-state index contributed by atoms with van der Waals surface area (Å²) in [5.41, 5.74) is 0.415. The van der Waals surface area contributed by atoms with Crippen LogP contribution in [0.3, 0.4) is 0 Å². The van der Waals surface area contributed by atoms with Gasteiger partial charge in [0.25, 0.3) is 0 Å². The van der Waals surface area contributed by atoms with Gasteiger partial charge in [0.15, 0.2) is 0 Å². The van der Waals surface area contributed by atoms with Gasteiger partial charge in [0, 0.05) is 11.0 Å². The first-order valence-corrected chi connectivity index (χ1v) is 8.29. The second-order valence-electron chi connectivity index (χ2n) is 7.05. The summed E-state index contributed by atoms with van der Waals surface area (Å²) in [5.74, 6) is -0.938. The number of amides is 1. The number of carbonyl (C=O) groups is 2. The molecule has 2 aliphatic rings. The first-order chi connectivity index (χ1) is 10.5. The summed E-state index contributed by atoms with van der Waals surface area (Å²) in [5, 5.41) is 9.69. The Kier molecular flexibility index (Phi) is 4.50. The molecule has 126 valence electrons. The zero-order valence-corrected chi connectivity index (χ0v) is 15.5. The third kappa shape index (κ3) is 3.09. The monoisotopic (exact) mass is 383 g/mol. The molecule has 1 unspecified atom stereocenters. The highest BCUT2D eigenvalue weighted by atomic mass is 79.9. The quantitative estimate of drug-likeness (QED) is 0.775. The maximum Gasteiger partial charge on any atom is 0.414 e. The molecule has 0 aromatic heterocycles. The van der Waals surface area contributed by atoms with Gasteiger partial charge < -0.3 is 9.84 Å². The predicted molar refractivity (Wildman–Crippen MR) is 91.1 cm³/mol. The minimum atomic E-state index is -1.12. The first kappa shape index (κ1) is 17.8. The zero-order valence-electron chi connectivity index (χ0n) is 13.9. The number of allylic oxidation sites excluding steroid dienone is 3. The van der Waals surface area contributed by atoms with E-state index >= 15 is 0 Å². The van der Waals surface area contributed by atoms with Crippen LogP contribution in [-0.4, -0.2) is 34.2 Å². The van der Waals surface area contributed by atoms with E-state index in [1.54, 1.807) is 33.8 Å². The second-order valence-corrected chi connectivity index (χ2v) is 8.00. The Morgan fingerprint density at radius 2 is 2.04 bits per heavy atom. The number of halogens is 1. The number of hydrogen-bond acceptors (Lipinski definition) is 3. The van der Waals surface area contributed by atoms with Crippen molar-refractivity contribution >= 4 is 28.0 Å². The van der Waals surface area contributed by atoms with Gasteiger partial charge in [0.05, 0.1) is 11.1 Å². The van der Waals surface area contributed by atoms with Gasteiger partial charge in [0.1, 0.15) is 5.60 Å². The van der Waals surface area contributed by atoms with Crippen molar-refractivity contribution in [1.29, 1.82) is 0 Å². The van der Waals surface area contributed by atoms with E-state index in [1.165, 1.54) is 4.90 Å². The fourth-order valence-electron chi connectivity index (χ4n) is 2.97. The fraction of sp³-hybridized carbons (Fsp3) is 0.529. The largest absolute Gasteiger partial charge is 0.481 e. The van der Waals surface area contributed by atoms with Crippen molar-refractivity contribution in [2.75, 3.05) is 6.54 Å². The number of aliphatic carboxylic acids is 1. The lowest BCUT2D eigenvalue weighted by Crippen LogP contribution is -2.38. The summed E-state index contributed by atoms with van der Waals surface area (Å²) in [4.78, 5) is 25.9. The summed E-state index contributed by atoms with van der Waals surface area (Å²) < 4.78 is 6.29. The molecule has 6 heteroatoms. The molecule has 1 amide bonds.